The highest BCUT2D eigenvalue weighted by Gasteiger charge is 2.10. The minimum Gasteiger partial charge on any atom is -0.309 e. The van der Waals surface area contributed by atoms with E-state index >= 15 is 0 Å². The van der Waals surface area contributed by atoms with Crippen molar-refractivity contribution in [3.8, 4) is 11.8 Å². The van der Waals surface area contributed by atoms with E-state index in [1.54, 1.807) is 12.5 Å². The Balaban J connectivity index is 2.58. The van der Waals surface area contributed by atoms with E-state index < -0.39 is 0 Å². The molecule has 0 fully saturated rings. The fourth-order valence-corrected chi connectivity index (χ4v) is 1.52. The SMILES string of the molecule is CC#CCCC(NCCC)c1ccncn1. The fourth-order valence-electron chi connectivity index (χ4n) is 1.52. The van der Waals surface area contributed by atoms with Crippen LogP contribution >= 0.6 is 0 Å². The molecule has 0 aliphatic heterocycles. The van der Waals surface area contributed by atoms with Crippen LogP contribution in [0.5, 0.6) is 0 Å². The molecule has 1 N–H and O–H groups in total. The van der Waals surface area contributed by atoms with E-state index in [1.165, 1.54) is 0 Å². The molecule has 1 unspecified atom stereocenters. The van der Waals surface area contributed by atoms with Gasteiger partial charge in [0.05, 0.1) is 11.7 Å². The molecule has 1 atom stereocenters. The Bertz CT molecular complexity index is 337. The second-order valence-electron chi connectivity index (χ2n) is 3.61. The Morgan fingerprint density at radius 3 is 3.00 bits per heavy atom. The lowest BCUT2D eigenvalue weighted by Crippen LogP contribution is -2.23. The zero-order valence-corrected chi connectivity index (χ0v) is 10.0. The quantitative estimate of drug-likeness (QED) is 0.743. The van der Waals surface area contributed by atoms with E-state index in [4.69, 9.17) is 0 Å². The largest absolute Gasteiger partial charge is 0.309 e. The lowest BCUT2D eigenvalue weighted by Gasteiger charge is -2.16. The van der Waals surface area contributed by atoms with E-state index in [0.29, 0.717) is 6.04 Å². The molecule has 0 bridgehead atoms. The second kappa shape index (κ2) is 7.84. The monoisotopic (exact) mass is 217 g/mol. The number of nitrogens with zero attached hydrogens (tertiary/aromatic N) is 2. The van der Waals surface area contributed by atoms with Crippen molar-refractivity contribution >= 4 is 0 Å². The summed E-state index contributed by atoms with van der Waals surface area (Å²) in [5, 5.41) is 3.49. The molecule has 0 aliphatic rings. The third kappa shape index (κ3) is 4.41. The molecule has 0 saturated carbocycles. The molecule has 1 heterocycles. The summed E-state index contributed by atoms with van der Waals surface area (Å²) in [4.78, 5) is 8.23. The van der Waals surface area contributed by atoms with Gasteiger partial charge in [0.1, 0.15) is 6.33 Å². The summed E-state index contributed by atoms with van der Waals surface area (Å²) in [5.74, 6) is 6.01. The first-order chi connectivity index (χ1) is 7.88. The van der Waals surface area contributed by atoms with Crippen LogP contribution in [0.4, 0.5) is 0 Å². The molecule has 0 spiro atoms. The van der Waals surface area contributed by atoms with Crippen molar-refractivity contribution in [3.63, 3.8) is 0 Å². The Kier molecular flexibility index (Phi) is 6.20. The lowest BCUT2D eigenvalue weighted by molar-refractivity contribution is 0.494. The van der Waals surface area contributed by atoms with Gasteiger partial charge >= 0.3 is 0 Å². The zero-order valence-electron chi connectivity index (χ0n) is 10.0. The van der Waals surface area contributed by atoms with Crippen molar-refractivity contribution in [2.24, 2.45) is 0 Å². The van der Waals surface area contributed by atoms with Gasteiger partial charge in [-0.25, -0.2) is 9.97 Å². The van der Waals surface area contributed by atoms with Gasteiger partial charge in [-0.15, -0.1) is 11.8 Å². The van der Waals surface area contributed by atoms with Crippen LogP contribution in [-0.4, -0.2) is 16.5 Å². The predicted molar refractivity (Wildman–Crippen MR) is 65.8 cm³/mol. The summed E-state index contributed by atoms with van der Waals surface area (Å²) < 4.78 is 0. The molecule has 3 heteroatoms. The van der Waals surface area contributed by atoms with Crippen LogP contribution in [0.1, 0.15) is 44.8 Å². The molecular weight excluding hydrogens is 198 g/mol. The van der Waals surface area contributed by atoms with Crippen molar-refractivity contribution < 1.29 is 0 Å². The van der Waals surface area contributed by atoms with Gasteiger partial charge in [-0.2, -0.15) is 0 Å². The molecule has 0 aliphatic carbocycles. The van der Waals surface area contributed by atoms with Crippen molar-refractivity contribution in [1.82, 2.24) is 15.3 Å². The topological polar surface area (TPSA) is 37.8 Å². The van der Waals surface area contributed by atoms with Gasteiger partial charge in [0.25, 0.3) is 0 Å². The van der Waals surface area contributed by atoms with Gasteiger partial charge in [-0.3, -0.25) is 0 Å². The van der Waals surface area contributed by atoms with Gasteiger partial charge in [0.2, 0.25) is 0 Å². The van der Waals surface area contributed by atoms with Crippen LogP contribution < -0.4 is 5.32 Å². The van der Waals surface area contributed by atoms with E-state index in [2.05, 4.69) is 34.0 Å². The number of nitrogens with one attached hydrogen (secondary N) is 1. The second-order valence-corrected chi connectivity index (χ2v) is 3.61. The van der Waals surface area contributed by atoms with Crippen LogP contribution in [0.15, 0.2) is 18.6 Å². The normalized spacial score (nSPS) is 11.6. The maximum Gasteiger partial charge on any atom is 0.115 e. The van der Waals surface area contributed by atoms with Gasteiger partial charge in [-0.1, -0.05) is 6.92 Å². The maximum absolute atomic E-state index is 4.29. The van der Waals surface area contributed by atoms with Crippen LogP contribution in [0.25, 0.3) is 0 Å². The summed E-state index contributed by atoms with van der Waals surface area (Å²) >= 11 is 0. The minimum absolute atomic E-state index is 0.295. The fraction of sp³-hybridized carbons (Fsp3) is 0.538. The third-order valence-corrected chi connectivity index (χ3v) is 2.34. The van der Waals surface area contributed by atoms with E-state index in [1.807, 2.05) is 13.0 Å². The van der Waals surface area contributed by atoms with Gasteiger partial charge in [-0.05, 0) is 32.4 Å². The Hall–Kier alpha value is -1.40. The van der Waals surface area contributed by atoms with Crippen LogP contribution in [0.2, 0.25) is 0 Å². The molecule has 0 radical (unpaired) electrons. The highest BCUT2D eigenvalue weighted by molar-refractivity contribution is 5.06. The van der Waals surface area contributed by atoms with E-state index in [-0.39, 0.29) is 0 Å². The summed E-state index contributed by atoms with van der Waals surface area (Å²) in [6.07, 6.45) is 6.41. The smallest absolute Gasteiger partial charge is 0.115 e. The first kappa shape index (κ1) is 12.7. The number of hydrogen-bond acceptors (Lipinski definition) is 3. The maximum atomic E-state index is 4.29. The Labute approximate surface area is 97.7 Å². The summed E-state index contributed by atoms with van der Waals surface area (Å²) in [6.45, 7) is 5.04. The first-order valence-corrected chi connectivity index (χ1v) is 5.77. The zero-order chi connectivity index (χ0) is 11.6. The number of rotatable bonds is 6. The first-order valence-electron chi connectivity index (χ1n) is 5.77. The van der Waals surface area contributed by atoms with E-state index in [0.717, 1.165) is 31.5 Å². The lowest BCUT2D eigenvalue weighted by atomic mass is 10.1. The molecule has 16 heavy (non-hydrogen) atoms. The number of aromatic nitrogens is 2. The molecule has 1 aromatic heterocycles. The van der Waals surface area contributed by atoms with E-state index in [9.17, 15) is 0 Å². The Morgan fingerprint density at radius 2 is 2.38 bits per heavy atom. The molecule has 0 amide bonds. The molecule has 0 aromatic carbocycles. The van der Waals surface area contributed by atoms with Crippen molar-refractivity contribution in [2.75, 3.05) is 6.54 Å². The molecule has 1 aromatic rings. The molecule has 1 rings (SSSR count). The number of hydrogen-bond donors (Lipinski definition) is 1. The molecule has 86 valence electrons. The van der Waals surface area contributed by atoms with Crippen molar-refractivity contribution in [3.05, 3.63) is 24.3 Å². The van der Waals surface area contributed by atoms with Crippen LogP contribution in [0.3, 0.4) is 0 Å². The van der Waals surface area contributed by atoms with Crippen LogP contribution in [0, 0.1) is 11.8 Å². The summed E-state index contributed by atoms with van der Waals surface area (Å²) in [5.41, 5.74) is 1.06. The van der Waals surface area contributed by atoms with Crippen molar-refractivity contribution in [2.45, 2.75) is 39.2 Å². The predicted octanol–water partition coefficient (Wildman–Crippen LogP) is 2.32. The average molecular weight is 217 g/mol. The Morgan fingerprint density at radius 1 is 1.50 bits per heavy atom. The molecule has 0 saturated heterocycles. The minimum atomic E-state index is 0.295. The average Bonchev–Trinajstić information content (AvgIpc) is 2.35. The highest BCUT2D eigenvalue weighted by atomic mass is 14.9. The van der Waals surface area contributed by atoms with Gasteiger partial charge in [0, 0.05) is 12.6 Å². The summed E-state index contributed by atoms with van der Waals surface area (Å²) in [7, 11) is 0. The highest BCUT2D eigenvalue weighted by Crippen LogP contribution is 2.14. The van der Waals surface area contributed by atoms with Gasteiger partial charge in [0.15, 0.2) is 0 Å². The summed E-state index contributed by atoms with van der Waals surface area (Å²) in [6, 6.07) is 2.26. The van der Waals surface area contributed by atoms with Gasteiger partial charge < -0.3 is 5.32 Å². The molecule has 3 nitrogen and oxygen atoms in total. The molecular formula is C13H19N3. The standard InChI is InChI=1S/C13H19N3/c1-3-5-6-7-12(15-9-4-2)13-8-10-14-11-16-13/h8,10-12,15H,4,6-7,9H2,1-2H3. The third-order valence-electron chi connectivity index (χ3n) is 2.34. The van der Waals surface area contributed by atoms with Crippen LogP contribution in [-0.2, 0) is 0 Å². The van der Waals surface area contributed by atoms with Crippen molar-refractivity contribution in [1.29, 1.82) is 0 Å².